The number of amides is 2. The van der Waals surface area contributed by atoms with Crippen LogP contribution in [0.3, 0.4) is 0 Å². The van der Waals surface area contributed by atoms with Gasteiger partial charge in [-0.3, -0.25) is 19.1 Å². The normalized spacial score (nSPS) is 13.5. The zero-order valence-electron chi connectivity index (χ0n) is 17.6. The Morgan fingerprint density at radius 3 is 2.61 bits per heavy atom. The van der Waals surface area contributed by atoms with Crippen LogP contribution in [0.5, 0.6) is 5.75 Å². The molecule has 1 aliphatic rings. The first kappa shape index (κ1) is 22.8. The molecule has 0 unspecified atom stereocenters. The molecule has 2 heterocycles. The van der Waals surface area contributed by atoms with Crippen LogP contribution in [0.25, 0.3) is 10.9 Å². The van der Waals surface area contributed by atoms with Gasteiger partial charge in [-0.25, -0.2) is 4.39 Å². The van der Waals surface area contributed by atoms with Crippen molar-refractivity contribution in [3.8, 4) is 5.75 Å². The van der Waals surface area contributed by atoms with Crippen LogP contribution in [0.2, 0.25) is 0 Å². The largest absolute Gasteiger partial charge is 0.505 e. The number of carbonyl (C=O) groups is 2. The van der Waals surface area contributed by atoms with Crippen LogP contribution in [0, 0.1) is 5.82 Å². The monoisotopic (exact) mass is 473 g/mol. The molecule has 2 aromatic carbocycles. The maximum Gasteiger partial charge on any atom is 0.327 e. The Morgan fingerprint density at radius 2 is 1.94 bits per heavy atom. The molecule has 11 heteroatoms. The van der Waals surface area contributed by atoms with Crippen LogP contribution >= 0.6 is 7.60 Å². The molecule has 3 N–H and O–H groups in total. The third kappa shape index (κ3) is 4.45. The minimum atomic E-state index is -4.32. The lowest BCUT2D eigenvalue weighted by Gasteiger charge is -2.21. The van der Waals surface area contributed by atoms with Gasteiger partial charge < -0.3 is 24.7 Å². The number of phenolic OH excluding ortho intramolecular Hbond substituents is 1. The molecule has 1 aliphatic heterocycles. The minimum Gasteiger partial charge on any atom is -0.505 e. The van der Waals surface area contributed by atoms with Gasteiger partial charge in [0.1, 0.15) is 11.3 Å². The number of pyridine rings is 1. The number of carbonyl (C=O) groups excluding carboxylic acids is 2. The van der Waals surface area contributed by atoms with E-state index in [2.05, 4.69) is 4.98 Å². The van der Waals surface area contributed by atoms with Crippen molar-refractivity contribution in [3.05, 3.63) is 70.7 Å². The second kappa shape index (κ2) is 8.55. The quantitative estimate of drug-likeness (QED) is 0.469. The summed E-state index contributed by atoms with van der Waals surface area (Å²) >= 11 is 0. The van der Waals surface area contributed by atoms with Gasteiger partial charge in [-0.1, -0.05) is 18.2 Å². The summed E-state index contributed by atoms with van der Waals surface area (Å²) in [7, 11) is -2.91. The number of hydrogen-bond donors (Lipinski definition) is 3. The number of fused-ring (bicyclic) bond motifs is 2. The van der Waals surface area contributed by atoms with Gasteiger partial charge in [0.2, 0.25) is 0 Å². The van der Waals surface area contributed by atoms with E-state index in [0.717, 1.165) is 0 Å². The van der Waals surface area contributed by atoms with Gasteiger partial charge in [-0.2, -0.15) is 0 Å². The smallest absolute Gasteiger partial charge is 0.327 e. The molecule has 0 saturated heterocycles. The highest BCUT2D eigenvalue weighted by Gasteiger charge is 2.37. The molecule has 0 spiro atoms. The van der Waals surface area contributed by atoms with E-state index < -0.39 is 31.4 Å². The third-order valence-electron chi connectivity index (χ3n) is 5.57. The van der Waals surface area contributed by atoms with Crippen LogP contribution in [0.15, 0.2) is 42.6 Å². The average molecular weight is 473 g/mol. The lowest BCUT2D eigenvalue weighted by Crippen LogP contribution is -2.30. The molecule has 9 nitrogen and oxygen atoms in total. The summed E-state index contributed by atoms with van der Waals surface area (Å²) in [4.78, 5) is 51.6. The Hall–Kier alpha value is -3.33. The van der Waals surface area contributed by atoms with E-state index in [4.69, 9.17) is 9.79 Å². The highest BCUT2D eigenvalue weighted by molar-refractivity contribution is 7.51. The number of hydrogen-bond acceptors (Lipinski definition) is 5. The van der Waals surface area contributed by atoms with Crippen molar-refractivity contribution in [2.24, 2.45) is 0 Å². The van der Waals surface area contributed by atoms with Gasteiger partial charge in [-0.05, 0) is 23.8 Å². The summed E-state index contributed by atoms with van der Waals surface area (Å²) in [6.45, 7) is -0.0379. The molecule has 2 amide bonds. The number of aromatic hydroxyl groups is 1. The Balaban J connectivity index is 1.77. The van der Waals surface area contributed by atoms with E-state index >= 15 is 0 Å². The first-order valence-electron chi connectivity index (χ1n) is 10.0. The van der Waals surface area contributed by atoms with Crippen molar-refractivity contribution in [2.75, 3.05) is 19.8 Å². The summed E-state index contributed by atoms with van der Waals surface area (Å²) in [5.41, 5.74) is 1.18. The molecular formula is C22H21FN3O6P. The van der Waals surface area contributed by atoms with Crippen molar-refractivity contribution in [1.82, 2.24) is 14.8 Å². The molecule has 1 aromatic heterocycles. The van der Waals surface area contributed by atoms with E-state index in [1.807, 2.05) is 0 Å². The Morgan fingerprint density at radius 1 is 1.24 bits per heavy atom. The van der Waals surface area contributed by atoms with Gasteiger partial charge in [0.05, 0.1) is 17.3 Å². The van der Waals surface area contributed by atoms with Crippen LogP contribution in [0.1, 0.15) is 31.8 Å². The number of aromatic nitrogens is 1. The topological polar surface area (TPSA) is 131 Å². The third-order valence-corrected chi connectivity index (χ3v) is 6.35. The highest BCUT2D eigenvalue weighted by Crippen LogP contribution is 2.40. The van der Waals surface area contributed by atoms with Crippen molar-refractivity contribution < 1.29 is 33.4 Å². The average Bonchev–Trinajstić information content (AvgIpc) is 3.09. The Kier molecular flexibility index (Phi) is 5.92. The fourth-order valence-electron chi connectivity index (χ4n) is 3.91. The molecular weight excluding hydrogens is 452 g/mol. The summed E-state index contributed by atoms with van der Waals surface area (Å²) in [6, 6.07) is 8.84. The second-order valence-corrected chi connectivity index (χ2v) is 9.66. The first-order valence-corrected chi connectivity index (χ1v) is 11.8. The number of rotatable bonds is 6. The molecule has 0 bridgehead atoms. The first-order chi connectivity index (χ1) is 15.6. The Bertz CT molecular complexity index is 1310. The molecule has 0 fully saturated rings. The molecule has 33 heavy (non-hydrogen) atoms. The predicted molar refractivity (Wildman–Crippen MR) is 117 cm³/mol. The lowest BCUT2D eigenvalue weighted by molar-refractivity contribution is 0.0759. The van der Waals surface area contributed by atoms with Crippen LogP contribution in [-0.4, -0.2) is 61.2 Å². The van der Waals surface area contributed by atoms with Crippen molar-refractivity contribution in [3.63, 3.8) is 0 Å². The predicted octanol–water partition coefficient (Wildman–Crippen LogP) is 2.49. The fourth-order valence-corrected chi connectivity index (χ4v) is 4.47. The molecule has 0 atom stereocenters. The van der Waals surface area contributed by atoms with Gasteiger partial charge in [-0.15, -0.1) is 0 Å². The molecule has 0 saturated carbocycles. The molecule has 0 aliphatic carbocycles. The summed E-state index contributed by atoms with van der Waals surface area (Å²) < 4.78 is 24.5. The maximum absolute atomic E-state index is 13.3. The zero-order valence-corrected chi connectivity index (χ0v) is 18.5. The van der Waals surface area contributed by atoms with Gasteiger partial charge in [0.25, 0.3) is 11.8 Å². The van der Waals surface area contributed by atoms with Crippen molar-refractivity contribution in [1.29, 1.82) is 0 Å². The number of benzene rings is 2. The number of halogens is 1. The standard InChI is InChI=1S/C22H21FN3O6P/c1-25(9-10-33(30,31)32)21(28)17-15-3-2-8-24-19(15)20(27)18-16(17)12-26(22(18)29)11-13-4-6-14(23)7-5-13/h2-8,27H,9-12H2,1H3,(H2,30,31,32). The zero-order chi connectivity index (χ0) is 23.9. The summed E-state index contributed by atoms with van der Waals surface area (Å²) in [6.07, 6.45) is 0.914. The number of phenols is 1. The second-order valence-electron chi connectivity index (χ2n) is 7.88. The molecule has 172 valence electrons. The maximum atomic E-state index is 13.3. The van der Waals surface area contributed by atoms with Crippen molar-refractivity contribution in [2.45, 2.75) is 13.1 Å². The van der Waals surface area contributed by atoms with Crippen LogP contribution in [0.4, 0.5) is 4.39 Å². The lowest BCUT2D eigenvalue weighted by atomic mass is 9.95. The van der Waals surface area contributed by atoms with Crippen LogP contribution < -0.4 is 0 Å². The highest BCUT2D eigenvalue weighted by atomic mass is 31.2. The summed E-state index contributed by atoms with van der Waals surface area (Å²) in [5, 5.41) is 11.2. The molecule has 3 aromatic rings. The Labute approximate surface area is 188 Å². The van der Waals surface area contributed by atoms with Gasteiger partial charge >= 0.3 is 7.60 Å². The SMILES string of the molecule is CN(CCP(=O)(O)O)C(=O)c1c2c(c(O)c3ncccc13)C(=O)N(Cc1ccc(F)cc1)C2. The van der Waals surface area contributed by atoms with Gasteiger partial charge in [0, 0.05) is 43.8 Å². The van der Waals surface area contributed by atoms with Crippen LogP contribution in [-0.2, 0) is 17.7 Å². The van der Waals surface area contributed by atoms with E-state index in [1.165, 1.54) is 35.2 Å². The van der Waals surface area contributed by atoms with Gasteiger partial charge in [0.15, 0.2) is 5.75 Å². The molecule has 4 rings (SSSR count). The molecule has 0 radical (unpaired) electrons. The van der Waals surface area contributed by atoms with E-state index in [0.29, 0.717) is 16.5 Å². The fraction of sp³-hybridized carbons (Fsp3) is 0.227. The summed E-state index contributed by atoms with van der Waals surface area (Å²) in [5.74, 6) is -1.78. The van der Waals surface area contributed by atoms with E-state index in [9.17, 15) is 23.7 Å². The number of nitrogens with zero attached hydrogens (tertiary/aromatic N) is 3. The van der Waals surface area contributed by atoms with E-state index in [1.54, 1.807) is 24.3 Å². The van der Waals surface area contributed by atoms with Crippen molar-refractivity contribution >= 4 is 30.3 Å². The minimum absolute atomic E-state index is 0.0251. The van der Waals surface area contributed by atoms with E-state index in [-0.39, 0.29) is 42.0 Å².